The SMILES string of the molecule is N#CC1=C2NC(=O)c3sc4sc5c(c4c3N2C(=O)C1)N1C(=O)CC(C#N)=C1NC5=O. The third-order valence-corrected chi connectivity index (χ3v) is 7.71. The molecule has 30 heavy (non-hydrogen) atoms. The van der Waals surface area contributed by atoms with E-state index in [0.29, 0.717) is 9.40 Å². The van der Waals surface area contributed by atoms with E-state index in [-0.39, 0.29) is 68.6 Å². The minimum Gasteiger partial charge on any atom is -0.306 e. The molecule has 144 valence electrons. The third-order valence-electron chi connectivity index (χ3n) is 5.26. The number of nitrogens with one attached hydrogen (secondary N) is 2. The van der Waals surface area contributed by atoms with Gasteiger partial charge in [-0.3, -0.25) is 29.0 Å². The number of fused-ring (bicyclic) bond motifs is 9. The number of rotatable bonds is 0. The van der Waals surface area contributed by atoms with Gasteiger partial charge in [0.2, 0.25) is 11.8 Å². The zero-order valence-electron chi connectivity index (χ0n) is 14.7. The van der Waals surface area contributed by atoms with Crippen LogP contribution >= 0.6 is 22.7 Å². The molecule has 2 N–H and O–H groups in total. The molecule has 2 aromatic rings. The van der Waals surface area contributed by atoms with Crippen LogP contribution in [0.3, 0.4) is 0 Å². The number of amides is 4. The van der Waals surface area contributed by atoms with Crippen molar-refractivity contribution in [3.8, 4) is 12.1 Å². The molecule has 0 radical (unpaired) electrons. The summed E-state index contributed by atoms with van der Waals surface area (Å²) in [7, 11) is 0. The van der Waals surface area contributed by atoms with Gasteiger partial charge in [0.1, 0.15) is 21.4 Å². The third kappa shape index (κ3) is 1.80. The highest BCUT2D eigenvalue weighted by Crippen LogP contribution is 2.55. The molecule has 0 saturated carbocycles. The fourth-order valence-electron chi connectivity index (χ4n) is 4.07. The van der Waals surface area contributed by atoms with Crippen LogP contribution in [0.1, 0.15) is 32.2 Å². The van der Waals surface area contributed by atoms with Crippen molar-refractivity contribution < 1.29 is 19.2 Å². The van der Waals surface area contributed by atoms with Gasteiger partial charge < -0.3 is 10.6 Å². The monoisotopic (exact) mass is 434 g/mol. The van der Waals surface area contributed by atoms with Gasteiger partial charge in [-0.05, 0) is 0 Å². The summed E-state index contributed by atoms with van der Waals surface area (Å²) >= 11 is 2.23. The zero-order valence-corrected chi connectivity index (χ0v) is 16.3. The van der Waals surface area contributed by atoms with E-state index in [2.05, 4.69) is 10.6 Å². The average molecular weight is 434 g/mol. The fraction of sp³-hybridized carbons (Fsp3) is 0.111. The van der Waals surface area contributed by atoms with E-state index in [1.165, 1.54) is 9.80 Å². The van der Waals surface area contributed by atoms with Crippen molar-refractivity contribution in [3.63, 3.8) is 0 Å². The van der Waals surface area contributed by atoms with Crippen LogP contribution in [-0.4, -0.2) is 23.6 Å². The molecule has 0 saturated heterocycles. The quantitative estimate of drug-likeness (QED) is 0.641. The van der Waals surface area contributed by atoms with Gasteiger partial charge in [-0.2, -0.15) is 10.5 Å². The summed E-state index contributed by atoms with van der Waals surface area (Å²) in [5, 5.41) is 24.3. The predicted octanol–water partition coefficient (Wildman–Crippen LogP) is 1.39. The first-order chi connectivity index (χ1) is 14.4. The molecule has 10 nitrogen and oxygen atoms in total. The molecule has 0 unspecified atom stereocenters. The van der Waals surface area contributed by atoms with Crippen LogP contribution in [0.5, 0.6) is 0 Å². The number of anilines is 2. The van der Waals surface area contributed by atoms with Crippen molar-refractivity contribution in [1.29, 1.82) is 10.5 Å². The Labute approximate surface area is 174 Å². The zero-order chi connectivity index (χ0) is 20.9. The Balaban J connectivity index is 1.71. The first-order valence-corrected chi connectivity index (χ1v) is 10.2. The van der Waals surface area contributed by atoms with Crippen molar-refractivity contribution in [2.75, 3.05) is 9.80 Å². The van der Waals surface area contributed by atoms with E-state index in [1.54, 1.807) is 0 Å². The lowest BCUT2D eigenvalue weighted by molar-refractivity contribution is -0.117. The number of carbonyl (C=O) groups excluding carboxylic acids is 4. The van der Waals surface area contributed by atoms with Crippen LogP contribution < -0.4 is 20.4 Å². The maximum absolute atomic E-state index is 12.7. The number of hydrogen-bond acceptors (Lipinski definition) is 8. The molecule has 0 aromatic carbocycles. The Morgan fingerprint density at radius 2 is 1.20 bits per heavy atom. The number of nitriles is 2. The molecule has 4 amide bonds. The van der Waals surface area contributed by atoms with Gasteiger partial charge in [0.25, 0.3) is 11.8 Å². The number of hydrogen-bond donors (Lipinski definition) is 2. The van der Waals surface area contributed by atoms with Crippen LogP contribution in [0.2, 0.25) is 0 Å². The topological polar surface area (TPSA) is 146 Å². The summed E-state index contributed by atoms with van der Waals surface area (Å²) in [5.41, 5.74) is 0.831. The lowest BCUT2D eigenvalue weighted by atomic mass is 10.1. The first kappa shape index (κ1) is 16.9. The van der Waals surface area contributed by atoms with Crippen LogP contribution in [0.4, 0.5) is 11.4 Å². The Morgan fingerprint density at radius 1 is 0.767 bits per heavy atom. The molecule has 0 aliphatic carbocycles. The molecule has 2 aromatic heterocycles. The van der Waals surface area contributed by atoms with Gasteiger partial charge in [0.15, 0.2) is 0 Å². The summed E-state index contributed by atoms with van der Waals surface area (Å²) in [6.45, 7) is 0. The molecule has 0 atom stereocenters. The Hall–Kier alpha value is -4.00. The number of nitrogens with zero attached hydrogens (tertiary/aromatic N) is 4. The second kappa shape index (κ2) is 5.33. The van der Waals surface area contributed by atoms with E-state index in [0.717, 1.165) is 22.7 Å². The largest absolute Gasteiger partial charge is 0.306 e. The van der Waals surface area contributed by atoms with E-state index in [9.17, 15) is 29.7 Å². The standard InChI is InChI=1S/C18H6N6O4S2/c19-3-5-1-7(25)23-10-9-11-13(30-18(9)29-12(10)16(27)21-14(5)23)17(28)22-15-6(4-20)2-8(26)24(11)15/h1-2H2,(H,21,27)(H,22,28). The molecular weight excluding hydrogens is 428 g/mol. The van der Waals surface area contributed by atoms with Crippen LogP contribution in [0, 0.1) is 22.7 Å². The Kier molecular flexibility index (Phi) is 3.00. The van der Waals surface area contributed by atoms with Gasteiger partial charge in [-0.15, -0.1) is 22.7 Å². The maximum atomic E-state index is 12.7. The first-order valence-electron chi connectivity index (χ1n) is 8.59. The minimum atomic E-state index is -0.456. The van der Waals surface area contributed by atoms with E-state index in [4.69, 9.17) is 0 Å². The summed E-state index contributed by atoms with van der Waals surface area (Å²) < 4.78 is 0.592. The average Bonchev–Trinajstić information content (AvgIpc) is 3.42. The smallest absolute Gasteiger partial charge is 0.269 e. The van der Waals surface area contributed by atoms with Gasteiger partial charge in [0.05, 0.1) is 56.9 Å². The second-order valence-corrected chi connectivity index (χ2v) is 9.12. The van der Waals surface area contributed by atoms with Gasteiger partial charge in [0, 0.05) is 0 Å². The molecule has 0 bridgehead atoms. The van der Waals surface area contributed by atoms with Crippen molar-refractivity contribution in [1.82, 2.24) is 10.6 Å². The van der Waals surface area contributed by atoms with Crippen molar-refractivity contribution in [2.24, 2.45) is 0 Å². The summed E-state index contributed by atoms with van der Waals surface area (Å²) in [6.07, 6.45) is -0.301. The van der Waals surface area contributed by atoms with E-state index < -0.39 is 11.8 Å². The lowest BCUT2D eigenvalue weighted by Crippen LogP contribution is -2.42. The number of carbonyl (C=O) groups is 4. The van der Waals surface area contributed by atoms with Crippen LogP contribution in [-0.2, 0) is 9.59 Å². The van der Waals surface area contributed by atoms with E-state index in [1.807, 2.05) is 12.1 Å². The highest BCUT2D eigenvalue weighted by molar-refractivity contribution is 7.40. The molecule has 6 rings (SSSR count). The van der Waals surface area contributed by atoms with Crippen molar-refractivity contribution in [2.45, 2.75) is 12.8 Å². The molecule has 0 spiro atoms. The van der Waals surface area contributed by atoms with Crippen molar-refractivity contribution in [3.05, 3.63) is 32.5 Å². The van der Waals surface area contributed by atoms with Gasteiger partial charge in [-0.25, -0.2) is 0 Å². The second-order valence-electron chi connectivity index (χ2n) is 6.82. The Morgan fingerprint density at radius 3 is 1.60 bits per heavy atom. The summed E-state index contributed by atoms with van der Waals surface area (Å²) in [6, 6.07) is 3.88. The molecular formula is C18H6N6O4S2. The molecule has 6 heterocycles. The van der Waals surface area contributed by atoms with Crippen molar-refractivity contribution >= 4 is 67.1 Å². The highest BCUT2D eigenvalue weighted by Gasteiger charge is 2.46. The van der Waals surface area contributed by atoms with Crippen LogP contribution in [0.25, 0.3) is 9.40 Å². The number of thiophene rings is 2. The molecule has 0 fully saturated rings. The summed E-state index contributed by atoms with van der Waals surface area (Å²) in [4.78, 5) is 53.9. The predicted molar refractivity (Wildman–Crippen MR) is 104 cm³/mol. The van der Waals surface area contributed by atoms with Gasteiger partial charge in [-0.1, -0.05) is 0 Å². The molecule has 12 heteroatoms. The summed E-state index contributed by atoms with van der Waals surface area (Å²) in [5.74, 6) is -1.46. The van der Waals surface area contributed by atoms with Gasteiger partial charge >= 0.3 is 0 Å². The lowest BCUT2D eigenvalue weighted by Gasteiger charge is -2.29. The van der Waals surface area contributed by atoms with E-state index >= 15 is 0 Å². The fourth-order valence-corrected chi connectivity index (χ4v) is 6.56. The minimum absolute atomic E-state index is 0.112. The highest BCUT2D eigenvalue weighted by atomic mass is 32.2. The molecule has 4 aliphatic rings. The van der Waals surface area contributed by atoms with Crippen LogP contribution in [0.15, 0.2) is 22.8 Å². The Bertz CT molecular complexity index is 1350. The normalized spacial score (nSPS) is 19.4. The maximum Gasteiger partial charge on any atom is 0.269 e. The molecule has 4 aliphatic heterocycles.